The highest BCUT2D eigenvalue weighted by atomic mass is 32.1. The Bertz CT molecular complexity index is 706. The highest BCUT2D eigenvalue weighted by molar-refractivity contribution is 7.80. The summed E-state index contributed by atoms with van der Waals surface area (Å²) in [6.45, 7) is 2.02. The SMILES string of the molecule is CCc1ccccc1NC(=O)CNC(=S)Nc1ccccc1F. The number of amides is 1. The maximum Gasteiger partial charge on any atom is 0.243 e. The first-order valence-electron chi connectivity index (χ1n) is 7.27. The van der Waals surface area contributed by atoms with Gasteiger partial charge < -0.3 is 16.0 Å². The first-order valence-corrected chi connectivity index (χ1v) is 7.68. The van der Waals surface area contributed by atoms with Crippen molar-refractivity contribution in [1.29, 1.82) is 0 Å². The number of halogens is 1. The summed E-state index contributed by atoms with van der Waals surface area (Å²) in [6.07, 6.45) is 0.830. The van der Waals surface area contributed by atoms with E-state index in [0.29, 0.717) is 0 Å². The molecule has 0 aliphatic heterocycles. The van der Waals surface area contributed by atoms with Crippen LogP contribution < -0.4 is 16.0 Å². The predicted octanol–water partition coefficient (Wildman–Crippen LogP) is 3.31. The lowest BCUT2D eigenvalue weighted by molar-refractivity contribution is -0.115. The molecule has 0 atom stereocenters. The normalized spacial score (nSPS) is 10.0. The third kappa shape index (κ3) is 5.03. The lowest BCUT2D eigenvalue weighted by Crippen LogP contribution is -2.35. The number of hydrogen-bond donors (Lipinski definition) is 3. The summed E-state index contributed by atoms with van der Waals surface area (Å²) in [5.41, 5.74) is 2.12. The number of para-hydroxylation sites is 2. The molecule has 0 saturated carbocycles. The summed E-state index contributed by atoms with van der Waals surface area (Å²) in [4.78, 5) is 12.0. The van der Waals surface area contributed by atoms with Crippen molar-refractivity contribution < 1.29 is 9.18 Å². The van der Waals surface area contributed by atoms with Crippen LogP contribution in [0.1, 0.15) is 12.5 Å². The zero-order chi connectivity index (χ0) is 16.7. The molecule has 1 amide bonds. The van der Waals surface area contributed by atoms with Crippen LogP contribution in [0.2, 0.25) is 0 Å². The minimum Gasteiger partial charge on any atom is -0.353 e. The third-order valence-corrected chi connectivity index (χ3v) is 3.45. The second-order valence-corrected chi connectivity index (χ2v) is 5.25. The van der Waals surface area contributed by atoms with E-state index in [0.717, 1.165) is 17.7 Å². The number of hydrogen-bond acceptors (Lipinski definition) is 2. The molecule has 3 N–H and O–H groups in total. The second kappa shape index (κ2) is 8.24. The average molecular weight is 331 g/mol. The molecule has 6 heteroatoms. The third-order valence-electron chi connectivity index (χ3n) is 3.20. The molecule has 2 aromatic carbocycles. The van der Waals surface area contributed by atoms with Gasteiger partial charge in [0.15, 0.2) is 5.11 Å². The first-order chi connectivity index (χ1) is 11.1. The van der Waals surface area contributed by atoms with E-state index < -0.39 is 5.82 Å². The lowest BCUT2D eigenvalue weighted by Gasteiger charge is -2.12. The largest absolute Gasteiger partial charge is 0.353 e. The highest BCUT2D eigenvalue weighted by Gasteiger charge is 2.07. The Labute approximate surface area is 140 Å². The zero-order valence-electron chi connectivity index (χ0n) is 12.7. The van der Waals surface area contributed by atoms with Crippen LogP contribution >= 0.6 is 12.2 Å². The standard InChI is InChI=1S/C17H18FN3OS/c1-2-12-7-3-5-9-14(12)20-16(22)11-19-17(23)21-15-10-6-4-8-13(15)18/h3-10H,2,11H2,1H3,(H,20,22)(H2,19,21,23). The zero-order valence-corrected chi connectivity index (χ0v) is 13.5. The number of anilines is 2. The molecule has 2 aromatic rings. The van der Waals surface area contributed by atoms with Crippen LogP contribution in [0.15, 0.2) is 48.5 Å². The molecule has 120 valence electrons. The molecule has 2 rings (SSSR count). The van der Waals surface area contributed by atoms with Crippen LogP contribution in [0, 0.1) is 5.82 Å². The van der Waals surface area contributed by atoms with E-state index in [1.165, 1.54) is 6.07 Å². The Kier molecular flexibility index (Phi) is 6.05. The molecule has 0 bridgehead atoms. The van der Waals surface area contributed by atoms with Crippen LogP contribution in [-0.4, -0.2) is 17.6 Å². The van der Waals surface area contributed by atoms with Crippen LogP contribution in [0.25, 0.3) is 0 Å². The van der Waals surface area contributed by atoms with Crippen molar-refractivity contribution in [3.8, 4) is 0 Å². The van der Waals surface area contributed by atoms with Crippen LogP contribution in [0.4, 0.5) is 15.8 Å². The van der Waals surface area contributed by atoms with E-state index in [1.54, 1.807) is 18.2 Å². The minimum atomic E-state index is -0.405. The molecule has 0 fully saturated rings. The molecule has 0 aliphatic rings. The van der Waals surface area contributed by atoms with Gasteiger partial charge in [-0.1, -0.05) is 37.3 Å². The molecule has 23 heavy (non-hydrogen) atoms. The highest BCUT2D eigenvalue weighted by Crippen LogP contribution is 2.15. The van der Waals surface area contributed by atoms with Crippen molar-refractivity contribution in [3.63, 3.8) is 0 Å². The molecule has 0 spiro atoms. The minimum absolute atomic E-state index is 0.00165. The predicted molar refractivity (Wildman–Crippen MR) is 95.1 cm³/mol. The van der Waals surface area contributed by atoms with Gasteiger partial charge in [-0.25, -0.2) is 4.39 Å². The van der Waals surface area contributed by atoms with Gasteiger partial charge in [-0.3, -0.25) is 4.79 Å². The Hall–Kier alpha value is -2.47. The summed E-state index contributed by atoms with van der Waals surface area (Å²) >= 11 is 5.06. The van der Waals surface area contributed by atoms with Gasteiger partial charge in [0, 0.05) is 5.69 Å². The van der Waals surface area contributed by atoms with Crippen molar-refractivity contribution >= 4 is 34.6 Å². The van der Waals surface area contributed by atoms with E-state index >= 15 is 0 Å². The second-order valence-electron chi connectivity index (χ2n) is 4.85. The topological polar surface area (TPSA) is 53.2 Å². The molecule has 0 saturated heterocycles. The first kappa shape index (κ1) is 16.9. The number of rotatable bonds is 5. The summed E-state index contributed by atoms with van der Waals surface area (Å²) < 4.78 is 13.5. The van der Waals surface area contributed by atoms with Gasteiger partial charge in [0.2, 0.25) is 5.91 Å². The van der Waals surface area contributed by atoms with Crippen molar-refractivity contribution in [1.82, 2.24) is 5.32 Å². The number of benzene rings is 2. The summed E-state index contributed by atoms with van der Waals surface area (Å²) in [5, 5.41) is 8.49. The molecule has 0 unspecified atom stereocenters. The van der Waals surface area contributed by atoms with E-state index in [1.807, 2.05) is 31.2 Å². The Morgan fingerprint density at radius 2 is 1.70 bits per heavy atom. The van der Waals surface area contributed by atoms with Gasteiger partial charge >= 0.3 is 0 Å². The summed E-state index contributed by atoms with van der Waals surface area (Å²) in [6, 6.07) is 13.8. The number of aryl methyl sites for hydroxylation is 1. The van der Waals surface area contributed by atoms with Gasteiger partial charge in [-0.2, -0.15) is 0 Å². The van der Waals surface area contributed by atoms with Crippen molar-refractivity contribution in [3.05, 3.63) is 59.9 Å². The number of thiocarbonyl (C=S) groups is 1. The average Bonchev–Trinajstić information content (AvgIpc) is 2.55. The van der Waals surface area contributed by atoms with Crippen LogP contribution in [0.3, 0.4) is 0 Å². The van der Waals surface area contributed by atoms with E-state index in [2.05, 4.69) is 16.0 Å². The van der Waals surface area contributed by atoms with Gasteiger partial charge in [-0.05, 0) is 42.4 Å². The summed E-state index contributed by atoms with van der Waals surface area (Å²) in [5.74, 6) is -0.624. The Morgan fingerprint density at radius 3 is 2.39 bits per heavy atom. The Morgan fingerprint density at radius 1 is 1.04 bits per heavy atom. The molecule has 4 nitrogen and oxygen atoms in total. The fourth-order valence-corrected chi connectivity index (χ4v) is 2.22. The molecule has 0 aliphatic carbocycles. The van der Waals surface area contributed by atoms with Gasteiger partial charge in [0.25, 0.3) is 0 Å². The van der Waals surface area contributed by atoms with Crippen molar-refractivity contribution in [2.24, 2.45) is 0 Å². The molecule has 0 radical (unpaired) electrons. The maximum atomic E-state index is 13.5. The van der Waals surface area contributed by atoms with Crippen LogP contribution in [0.5, 0.6) is 0 Å². The van der Waals surface area contributed by atoms with Crippen LogP contribution in [-0.2, 0) is 11.2 Å². The molecular formula is C17H18FN3OS. The van der Waals surface area contributed by atoms with Gasteiger partial charge in [0.05, 0.1) is 12.2 Å². The monoisotopic (exact) mass is 331 g/mol. The van der Waals surface area contributed by atoms with Crippen molar-refractivity contribution in [2.45, 2.75) is 13.3 Å². The van der Waals surface area contributed by atoms with Gasteiger partial charge in [-0.15, -0.1) is 0 Å². The molecular weight excluding hydrogens is 313 g/mol. The number of nitrogens with one attached hydrogen (secondary N) is 3. The maximum absolute atomic E-state index is 13.5. The number of carbonyl (C=O) groups is 1. The summed E-state index contributed by atoms with van der Waals surface area (Å²) in [7, 11) is 0. The smallest absolute Gasteiger partial charge is 0.243 e. The fourth-order valence-electron chi connectivity index (χ4n) is 2.03. The molecule has 0 heterocycles. The van der Waals surface area contributed by atoms with E-state index in [4.69, 9.17) is 12.2 Å². The van der Waals surface area contributed by atoms with E-state index in [-0.39, 0.29) is 23.3 Å². The number of carbonyl (C=O) groups excluding carboxylic acids is 1. The molecule has 0 aromatic heterocycles. The lowest BCUT2D eigenvalue weighted by atomic mass is 10.1. The Balaban J connectivity index is 1.84. The van der Waals surface area contributed by atoms with Gasteiger partial charge in [0.1, 0.15) is 5.82 Å². The van der Waals surface area contributed by atoms with E-state index in [9.17, 15) is 9.18 Å². The fraction of sp³-hybridized carbons (Fsp3) is 0.176. The van der Waals surface area contributed by atoms with Crippen molar-refractivity contribution in [2.75, 3.05) is 17.2 Å². The quantitative estimate of drug-likeness (QED) is 0.736.